The fourth-order valence-electron chi connectivity index (χ4n) is 1.57. The molecular weight excluding hydrogens is 218 g/mol. The first-order valence-electron chi connectivity index (χ1n) is 6.43. The van der Waals surface area contributed by atoms with E-state index in [-0.39, 0.29) is 6.29 Å². The summed E-state index contributed by atoms with van der Waals surface area (Å²) in [5.74, 6) is 1.72. The van der Waals surface area contributed by atoms with Crippen LogP contribution in [0.1, 0.15) is 45.3 Å². The first-order valence-corrected chi connectivity index (χ1v) is 6.43. The van der Waals surface area contributed by atoms with Gasteiger partial charge in [0.1, 0.15) is 5.82 Å². The molecule has 1 N–H and O–H groups in total. The smallest absolute Gasteiger partial charge is 0.164 e. The quantitative estimate of drug-likeness (QED) is 0.672. The summed E-state index contributed by atoms with van der Waals surface area (Å²) in [6.45, 7) is 7.35. The lowest BCUT2D eigenvalue weighted by Gasteiger charge is -2.14. The Morgan fingerprint density at radius 2 is 1.88 bits per heavy atom. The molecule has 0 unspecified atom stereocenters. The third kappa shape index (κ3) is 5.28. The predicted molar refractivity (Wildman–Crippen MR) is 65.7 cm³/mol. The molecule has 0 saturated carbocycles. The van der Waals surface area contributed by atoms with Crippen molar-refractivity contribution in [3.63, 3.8) is 0 Å². The third-order valence-corrected chi connectivity index (χ3v) is 2.40. The average molecular weight is 241 g/mol. The summed E-state index contributed by atoms with van der Waals surface area (Å²) in [6.07, 6.45) is 3.62. The number of ether oxygens (including phenoxy) is 2. The fraction of sp³-hybridized carbons (Fsp3) is 0.833. The van der Waals surface area contributed by atoms with Crippen LogP contribution in [-0.2, 0) is 22.3 Å². The van der Waals surface area contributed by atoms with E-state index in [0.717, 1.165) is 30.9 Å². The van der Waals surface area contributed by atoms with E-state index in [1.807, 2.05) is 13.8 Å². The van der Waals surface area contributed by atoms with E-state index in [1.165, 1.54) is 0 Å². The van der Waals surface area contributed by atoms with E-state index >= 15 is 0 Å². The van der Waals surface area contributed by atoms with Crippen LogP contribution >= 0.6 is 0 Å². The van der Waals surface area contributed by atoms with E-state index < -0.39 is 0 Å². The van der Waals surface area contributed by atoms with Gasteiger partial charge in [0.15, 0.2) is 12.1 Å². The van der Waals surface area contributed by atoms with Crippen molar-refractivity contribution in [3.05, 3.63) is 11.6 Å². The van der Waals surface area contributed by atoms with Crippen molar-refractivity contribution in [1.82, 2.24) is 15.2 Å². The number of hydrogen-bond donors (Lipinski definition) is 1. The summed E-state index contributed by atoms with van der Waals surface area (Å²) in [5.41, 5.74) is 0. The minimum absolute atomic E-state index is 0.236. The first kappa shape index (κ1) is 14.1. The van der Waals surface area contributed by atoms with Gasteiger partial charge in [-0.05, 0) is 20.3 Å². The minimum atomic E-state index is -0.236. The summed E-state index contributed by atoms with van der Waals surface area (Å²) in [6, 6.07) is 0. The van der Waals surface area contributed by atoms with Crippen LogP contribution in [0.15, 0.2) is 0 Å². The number of hydrogen-bond acceptors (Lipinski definition) is 4. The number of H-pyrrole nitrogens is 1. The number of nitrogens with one attached hydrogen (secondary N) is 1. The largest absolute Gasteiger partial charge is 0.352 e. The molecule has 0 atom stereocenters. The molecule has 0 aromatic carbocycles. The zero-order chi connectivity index (χ0) is 12.5. The maximum Gasteiger partial charge on any atom is 0.164 e. The highest BCUT2D eigenvalue weighted by molar-refractivity contribution is 4.91. The first-order chi connectivity index (χ1) is 8.30. The average Bonchev–Trinajstić information content (AvgIpc) is 2.75. The number of rotatable bonds is 9. The zero-order valence-corrected chi connectivity index (χ0v) is 11.0. The summed E-state index contributed by atoms with van der Waals surface area (Å²) in [4.78, 5) is 4.43. The molecule has 0 amide bonds. The van der Waals surface area contributed by atoms with E-state index in [1.54, 1.807) is 0 Å². The third-order valence-electron chi connectivity index (χ3n) is 2.40. The highest BCUT2D eigenvalue weighted by atomic mass is 16.7. The molecule has 0 fully saturated rings. The van der Waals surface area contributed by atoms with E-state index in [0.29, 0.717) is 19.6 Å². The van der Waals surface area contributed by atoms with Gasteiger partial charge in [-0.2, -0.15) is 5.10 Å². The van der Waals surface area contributed by atoms with Crippen LogP contribution in [0.25, 0.3) is 0 Å². The van der Waals surface area contributed by atoms with Crippen molar-refractivity contribution < 1.29 is 9.47 Å². The molecule has 5 nitrogen and oxygen atoms in total. The van der Waals surface area contributed by atoms with Crippen molar-refractivity contribution in [1.29, 1.82) is 0 Å². The molecule has 1 aromatic rings. The monoisotopic (exact) mass is 241 g/mol. The second kappa shape index (κ2) is 8.20. The number of aromatic amines is 1. The Bertz CT molecular complexity index is 296. The minimum Gasteiger partial charge on any atom is -0.352 e. The molecule has 1 aromatic heterocycles. The topological polar surface area (TPSA) is 60.0 Å². The lowest BCUT2D eigenvalue weighted by Crippen LogP contribution is -2.20. The summed E-state index contributed by atoms with van der Waals surface area (Å²) < 4.78 is 10.9. The van der Waals surface area contributed by atoms with Crippen LogP contribution in [0.5, 0.6) is 0 Å². The van der Waals surface area contributed by atoms with Crippen molar-refractivity contribution >= 4 is 0 Å². The Labute approximate surface area is 103 Å². The predicted octanol–water partition coefficient (Wildman–Crippen LogP) is 2.09. The van der Waals surface area contributed by atoms with Gasteiger partial charge in [-0.15, -0.1) is 0 Å². The standard InChI is InChI=1S/C12H23N3O2/c1-4-7-8-10-13-11(15-14-10)9-12(16-5-2)17-6-3/h12H,4-9H2,1-3H3,(H,13,14,15). The molecule has 0 spiro atoms. The Balaban J connectivity index is 2.45. The maximum atomic E-state index is 5.46. The van der Waals surface area contributed by atoms with Gasteiger partial charge in [0.05, 0.1) is 6.42 Å². The van der Waals surface area contributed by atoms with Gasteiger partial charge in [-0.3, -0.25) is 5.10 Å². The molecule has 0 saturated heterocycles. The highest BCUT2D eigenvalue weighted by Gasteiger charge is 2.12. The van der Waals surface area contributed by atoms with Gasteiger partial charge in [0, 0.05) is 19.6 Å². The molecule has 0 aliphatic carbocycles. The number of aromatic nitrogens is 3. The second-order valence-corrected chi connectivity index (χ2v) is 3.85. The van der Waals surface area contributed by atoms with Gasteiger partial charge in [-0.25, -0.2) is 4.98 Å². The van der Waals surface area contributed by atoms with Crippen LogP contribution < -0.4 is 0 Å². The Morgan fingerprint density at radius 1 is 1.18 bits per heavy atom. The molecule has 0 aliphatic heterocycles. The fourth-order valence-corrected chi connectivity index (χ4v) is 1.57. The van der Waals surface area contributed by atoms with Crippen LogP contribution in [0.2, 0.25) is 0 Å². The van der Waals surface area contributed by atoms with Gasteiger partial charge in [-0.1, -0.05) is 13.3 Å². The normalized spacial score (nSPS) is 11.3. The van der Waals surface area contributed by atoms with Crippen molar-refractivity contribution in [2.24, 2.45) is 0 Å². The lowest BCUT2D eigenvalue weighted by molar-refractivity contribution is -0.135. The molecule has 98 valence electrons. The van der Waals surface area contributed by atoms with Crippen LogP contribution in [0.3, 0.4) is 0 Å². The van der Waals surface area contributed by atoms with Gasteiger partial charge >= 0.3 is 0 Å². The van der Waals surface area contributed by atoms with Gasteiger partial charge in [0.2, 0.25) is 0 Å². The second-order valence-electron chi connectivity index (χ2n) is 3.85. The Hall–Kier alpha value is -0.940. The van der Waals surface area contributed by atoms with Crippen LogP contribution in [0, 0.1) is 0 Å². The zero-order valence-electron chi connectivity index (χ0n) is 11.0. The molecule has 5 heteroatoms. The van der Waals surface area contributed by atoms with Crippen LogP contribution in [0.4, 0.5) is 0 Å². The summed E-state index contributed by atoms with van der Waals surface area (Å²) in [7, 11) is 0. The van der Waals surface area contributed by atoms with Gasteiger partial charge in [0.25, 0.3) is 0 Å². The summed E-state index contributed by atoms with van der Waals surface area (Å²) in [5, 5.41) is 7.14. The van der Waals surface area contributed by atoms with E-state index in [4.69, 9.17) is 9.47 Å². The Kier molecular flexibility index (Phi) is 6.81. The Morgan fingerprint density at radius 3 is 2.47 bits per heavy atom. The van der Waals surface area contributed by atoms with Crippen molar-refractivity contribution in [3.8, 4) is 0 Å². The number of unbranched alkanes of at least 4 members (excludes halogenated alkanes) is 1. The van der Waals surface area contributed by atoms with E-state index in [9.17, 15) is 0 Å². The number of nitrogens with zero attached hydrogens (tertiary/aromatic N) is 2. The molecule has 0 radical (unpaired) electrons. The molecule has 0 aliphatic rings. The molecular formula is C12H23N3O2. The van der Waals surface area contributed by atoms with Crippen LogP contribution in [-0.4, -0.2) is 34.7 Å². The summed E-state index contributed by atoms with van der Waals surface area (Å²) >= 11 is 0. The molecule has 17 heavy (non-hydrogen) atoms. The van der Waals surface area contributed by atoms with Crippen molar-refractivity contribution in [2.45, 2.75) is 52.7 Å². The highest BCUT2D eigenvalue weighted by Crippen LogP contribution is 2.05. The SMILES string of the molecule is CCCCc1nc(CC(OCC)OCC)n[nH]1. The lowest BCUT2D eigenvalue weighted by atomic mass is 10.2. The maximum absolute atomic E-state index is 5.46. The molecule has 1 rings (SSSR count). The van der Waals surface area contributed by atoms with Crippen molar-refractivity contribution in [2.75, 3.05) is 13.2 Å². The molecule has 0 bridgehead atoms. The van der Waals surface area contributed by atoms with Gasteiger partial charge < -0.3 is 9.47 Å². The van der Waals surface area contributed by atoms with E-state index in [2.05, 4.69) is 22.1 Å². The number of aryl methyl sites for hydroxylation is 1. The molecule has 1 heterocycles.